The smallest absolute Gasteiger partial charge is 0.324 e. The topological polar surface area (TPSA) is 64.0 Å². The fourth-order valence-corrected chi connectivity index (χ4v) is 5.02. The van der Waals surface area contributed by atoms with E-state index in [1.807, 2.05) is 6.92 Å². The lowest BCUT2D eigenvalue weighted by Gasteiger charge is -2.21. The number of benzene rings is 3. The third-order valence-electron chi connectivity index (χ3n) is 5.38. The molecular weight excluding hydrogens is 511 g/mol. The summed E-state index contributed by atoms with van der Waals surface area (Å²) in [5.41, 5.74) is -0.674. The van der Waals surface area contributed by atoms with Gasteiger partial charge in [0, 0.05) is 11.6 Å². The molecule has 10 heteroatoms. The van der Waals surface area contributed by atoms with Gasteiger partial charge in [0.05, 0.1) is 22.2 Å². The predicted octanol–water partition coefficient (Wildman–Crippen LogP) is 6.95. The van der Waals surface area contributed by atoms with E-state index in [2.05, 4.69) is 10.3 Å². The summed E-state index contributed by atoms with van der Waals surface area (Å²) in [6, 6.07) is 18.7. The van der Waals surface area contributed by atoms with Crippen molar-refractivity contribution in [1.82, 2.24) is 9.55 Å². The maximum Gasteiger partial charge on any atom is 0.418 e. The molecule has 1 N–H and O–H groups in total. The fourth-order valence-electron chi connectivity index (χ4n) is 3.72. The standard InChI is InChI=1S/C26H21ClF3N3O2S/c1-2-14-33-24(35)18-10-6-7-11-20(18)32-25(33)36-22(16-8-4-3-5-9-16)23(34)31-21-13-12-17(27)15-19(21)26(28,29)30/h3-13,15,22H,2,14H2,1H3,(H,31,34)/t22-/m0/s1. The average Bonchev–Trinajstić information content (AvgIpc) is 2.85. The van der Waals surface area contributed by atoms with Crippen LogP contribution in [0.5, 0.6) is 0 Å². The lowest BCUT2D eigenvalue weighted by molar-refractivity contribution is -0.137. The van der Waals surface area contributed by atoms with Crippen molar-refractivity contribution in [3.8, 4) is 0 Å². The van der Waals surface area contributed by atoms with Crippen molar-refractivity contribution < 1.29 is 18.0 Å². The number of hydrogen-bond donors (Lipinski definition) is 1. The molecule has 0 spiro atoms. The Labute approximate surface area is 214 Å². The summed E-state index contributed by atoms with van der Waals surface area (Å²) in [5, 5.41) is 2.08. The summed E-state index contributed by atoms with van der Waals surface area (Å²) < 4.78 is 42.4. The van der Waals surface area contributed by atoms with Crippen LogP contribution in [-0.4, -0.2) is 15.5 Å². The Morgan fingerprint density at radius 1 is 1.08 bits per heavy atom. The van der Waals surface area contributed by atoms with Crippen molar-refractivity contribution in [2.75, 3.05) is 5.32 Å². The number of hydrogen-bond acceptors (Lipinski definition) is 4. The van der Waals surface area contributed by atoms with Crippen LogP contribution in [-0.2, 0) is 17.5 Å². The molecule has 3 aromatic carbocycles. The zero-order chi connectivity index (χ0) is 25.9. The molecule has 5 nitrogen and oxygen atoms in total. The summed E-state index contributed by atoms with van der Waals surface area (Å²) in [5.74, 6) is -0.690. The van der Waals surface area contributed by atoms with Crippen LogP contribution in [0.3, 0.4) is 0 Å². The van der Waals surface area contributed by atoms with E-state index in [9.17, 15) is 22.8 Å². The molecule has 0 aliphatic heterocycles. The van der Waals surface area contributed by atoms with E-state index in [1.54, 1.807) is 54.6 Å². The number of alkyl halides is 3. The van der Waals surface area contributed by atoms with Gasteiger partial charge in [-0.05, 0) is 42.3 Å². The van der Waals surface area contributed by atoms with E-state index >= 15 is 0 Å². The number of thioether (sulfide) groups is 1. The molecule has 1 aromatic heterocycles. The third-order valence-corrected chi connectivity index (χ3v) is 6.86. The van der Waals surface area contributed by atoms with Crippen molar-refractivity contribution in [2.24, 2.45) is 0 Å². The summed E-state index contributed by atoms with van der Waals surface area (Å²) in [6.07, 6.45) is -4.07. The maximum absolute atomic E-state index is 13.6. The van der Waals surface area contributed by atoms with Crippen molar-refractivity contribution in [2.45, 2.75) is 36.5 Å². The molecule has 186 valence electrons. The Hall–Kier alpha value is -3.30. The van der Waals surface area contributed by atoms with E-state index in [0.29, 0.717) is 34.6 Å². The number of carbonyl (C=O) groups is 1. The van der Waals surface area contributed by atoms with Gasteiger partial charge >= 0.3 is 6.18 Å². The number of para-hydroxylation sites is 1. The number of amides is 1. The lowest BCUT2D eigenvalue weighted by Crippen LogP contribution is -2.26. The highest BCUT2D eigenvalue weighted by Crippen LogP contribution is 2.39. The quantitative estimate of drug-likeness (QED) is 0.207. The number of halogens is 4. The van der Waals surface area contributed by atoms with Gasteiger partial charge in [0.15, 0.2) is 5.16 Å². The van der Waals surface area contributed by atoms with Crippen LogP contribution in [0, 0.1) is 0 Å². The first kappa shape index (κ1) is 25.8. The second-order valence-corrected chi connectivity index (χ2v) is 9.46. The van der Waals surface area contributed by atoms with E-state index in [0.717, 1.165) is 23.9 Å². The molecule has 0 saturated heterocycles. The minimum atomic E-state index is -4.72. The summed E-state index contributed by atoms with van der Waals surface area (Å²) in [6.45, 7) is 2.29. The summed E-state index contributed by atoms with van der Waals surface area (Å²) >= 11 is 6.79. The first-order valence-corrected chi connectivity index (χ1v) is 12.3. The largest absolute Gasteiger partial charge is 0.418 e. The van der Waals surface area contributed by atoms with Gasteiger partial charge in [-0.1, -0.05) is 72.8 Å². The Balaban J connectivity index is 1.78. The normalized spacial score (nSPS) is 12.5. The minimum Gasteiger partial charge on any atom is -0.324 e. The number of fused-ring (bicyclic) bond motifs is 1. The number of anilines is 1. The SMILES string of the molecule is CCCn1c(S[C@H](C(=O)Nc2ccc(Cl)cc2C(F)(F)F)c2ccccc2)nc2ccccc2c1=O. The number of aromatic nitrogens is 2. The number of nitrogens with one attached hydrogen (secondary N) is 1. The molecule has 0 aliphatic carbocycles. The van der Waals surface area contributed by atoms with Crippen LogP contribution in [0.2, 0.25) is 5.02 Å². The molecule has 0 unspecified atom stereocenters. The van der Waals surface area contributed by atoms with Gasteiger partial charge in [-0.2, -0.15) is 13.2 Å². The molecule has 4 rings (SSSR count). The van der Waals surface area contributed by atoms with E-state index in [4.69, 9.17) is 11.6 Å². The second kappa shape index (κ2) is 10.8. The number of carbonyl (C=O) groups excluding carboxylic acids is 1. The molecular formula is C26H21ClF3N3O2S. The molecule has 36 heavy (non-hydrogen) atoms. The van der Waals surface area contributed by atoms with Gasteiger partial charge in [-0.25, -0.2) is 4.98 Å². The van der Waals surface area contributed by atoms with Crippen LogP contribution in [0.1, 0.15) is 29.7 Å². The van der Waals surface area contributed by atoms with Crippen molar-refractivity contribution >= 4 is 45.9 Å². The van der Waals surface area contributed by atoms with Crippen LogP contribution in [0.25, 0.3) is 10.9 Å². The third kappa shape index (κ3) is 5.57. The van der Waals surface area contributed by atoms with Crippen molar-refractivity contribution in [3.63, 3.8) is 0 Å². The Morgan fingerprint density at radius 2 is 1.78 bits per heavy atom. The highest BCUT2D eigenvalue weighted by molar-refractivity contribution is 8.00. The average molecular weight is 532 g/mol. The van der Waals surface area contributed by atoms with E-state index < -0.39 is 28.6 Å². The highest BCUT2D eigenvalue weighted by atomic mass is 35.5. The molecule has 0 saturated carbocycles. The van der Waals surface area contributed by atoms with Gasteiger partial charge in [0.25, 0.3) is 5.56 Å². The molecule has 4 aromatic rings. The van der Waals surface area contributed by atoms with Crippen molar-refractivity contribution in [1.29, 1.82) is 0 Å². The van der Waals surface area contributed by atoms with Crippen LogP contribution < -0.4 is 10.9 Å². The van der Waals surface area contributed by atoms with Crippen molar-refractivity contribution in [3.05, 3.63) is 99.3 Å². The predicted molar refractivity (Wildman–Crippen MR) is 136 cm³/mol. The van der Waals surface area contributed by atoms with Gasteiger partial charge in [-0.15, -0.1) is 0 Å². The van der Waals surface area contributed by atoms with Gasteiger partial charge < -0.3 is 5.32 Å². The minimum absolute atomic E-state index is 0.0988. The van der Waals surface area contributed by atoms with E-state index in [1.165, 1.54) is 10.6 Å². The van der Waals surface area contributed by atoms with Crippen LogP contribution in [0.15, 0.2) is 82.7 Å². The molecule has 1 atom stereocenters. The molecule has 1 amide bonds. The monoisotopic (exact) mass is 531 g/mol. The van der Waals surface area contributed by atoms with Crippen LogP contribution >= 0.6 is 23.4 Å². The molecule has 0 bridgehead atoms. The molecule has 1 heterocycles. The first-order chi connectivity index (χ1) is 17.2. The molecule has 0 radical (unpaired) electrons. The fraction of sp³-hybridized carbons (Fsp3) is 0.192. The molecule has 0 aliphatic rings. The highest BCUT2D eigenvalue weighted by Gasteiger charge is 2.35. The van der Waals surface area contributed by atoms with Crippen LogP contribution in [0.4, 0.5) is 18.9 Å². The molecule has 0 fully saturated rings. The van der Waals surface area contributed by atoms with E-state index in [-0.39, 0.29) is 10.6 Å². The zero-order valence-corrected chi connectivity index (χ0v) is 20.6. The number of nitrogens with zero attached hydrogens (tertiary/aromatic N) is 2. The maximum atomic E-state index is 13.6. The van der Waals surface area contributed by atoms with Gasteiger partial charge in [0.1, 0.15) is 5.25 Å². The van der Waals surface area contributed by atoms with Gasteiger partial charge in [0.2, 0.25) is 5.91 Å². The lowest BCUT2D eigenvalue weighted by atomic mass is 10.1. The Bertz CT molecular complexity index is 1460. The zero-order valence-electron chi connectivity index (χ0n) is 19.1. The summed E-state index contributed by atoms with van der Waals surface area (Å²) in [7, 11) is 0. The second-order valence-electron chi connectivity index (χ2n) is 7.95. The van der Waals surface area contributed by atoms with Gasteiger partial charge in [-0.3, -0.25) is 14.2 Å². The Kier molecular flexibility index (Phi) is 7.70. The first-order valence-electron chi connectivity index (χ1n) is 11.1. The Morgan fingerprint density at radius 3 is 2.47 bits per heavy atom. The number of rotatable bonds is 7. The summed E-state index contributed by atoms with van der Waals surface area (Å²) in [4.78, 5) is 31.3.